The molecule has 0 atom stereocenters. The molecule has 3 aromatic rings. The molecule has 0 aliphatic heterocycles. The number of ether oxygens (including phenoxy) is 1. The van der Waals surface area contributed by atoms with E-state index < -0.39 is 0 Å². The summed E-state index contributed by atoms with van der Waals surface area (Å²) in [4.78, 5) is 4.20. The van der Waals surface area contributed by atoms with E-state index in [0.717, 1.165) is 35.3 Å². The van der Waals surface area contributed by atoms with E-state index in [2.05, 4.69) is 42.1 Å². The second kappa shape index (κ2) is 7.51. The molecule has 0 radical (unpaired) electrons. The van der Waals surface area contributed by atoms with E-state index in [4.69, 9.17) is 4.74 Å². The van der Waals surface area contributed by atoms with E-state index in [1.807, 2.05) is 36.0 Å². The lowest BCUT2D eigenvalue weighted by Crippen LogP contribution is -2.05. The standard InChI is InChI=1S/C21H25N3O/c1-5-16(6-2)19-8-7-17(18-9-11-22-21(14-18)25-4)13-20(19)24-12-10-15(3)23-24/h7-14,16H,5-6H2,1-4H3. The SMILES string of the molecule is CCC(CC)c1ccc(-c2ccnc(OC)c2)cc1-n1ccc(C)n1. The minimum atomic E-state index is 0.528. The van der Waals surface area contributed by atoms with Crippen LogP contribution in [0.15, 0.2) is 48.8 Å². The van der Waals surface area contributed by atoms with Gasteiger partial charge in [0.25, 0.3) is 0 Å². The number of nitrogens with zero attached hydrogens (tertiary/aromatic N) is 3. The molecule has 0 saturated carbocycles. The molecule has 0 bridgehead atoms. The van der Waals surface area contributed by atoms with Crippen LogP contribution in [0.3, 0.4) is 0 Å². The van der Waals surface area contributed by atoms with Crippen molar-refractivity contribution >= 4 is 0 Å². The molecular formula is C21H25N3O. The molecule has 4 nitrogen and oxygen atoms in total. The molecule has 25 heavy (non-hydrogen) atoms. The van der Waals surface area contributed by atoms with Crippen molar-refractivity contribution < 1.29 is 4.74 Å². The molecule has 4 heteroatoms. The Hall–Kier alpha value is -2.62. The summed E-state index contributed by atoms with van der Waals surface area (Å²) in [5.74, 6) is 1.15. The van der Waals surface area contributed by atoms with Gasteiger partial charge in [0.05, 0.1) is 18.5 Å². The molecular weight excluding hydrogens is 310 g/mol. The quantitative estimate of drug-likeness (QED) is 0.625. The molecule has 2 heterocycles. The topological polar surface area (TPSA) is 39.9 Å². The zero-order chi connectivity index (χ0) is 17.8. The largest absolute Gasteiger partial charge is 0.481 e. The number of benzene rings is 1. The zero-order valence-corrected chi connectivity index (χ0v) is 15.4. The van der Waals surface area contributed by atoms with E-state index in [0.29, 0.717) is 11.8 Å². The van der Waals surface area contributed by atoms with Crippen molar-refractivity contribution in [2.24, 2.45) is 0 Å². The molecule has 0 N–H and O–H groups in total. The molecule has 0 unspecified atom stereocenters. The van der Waals surface area contributed by atoms with Gasteiger partial charge in [-0.3, -0.25) is 0 Å². The number of aromatic nitrogens is 3. The van der Waals surface area contributed by atoms with Gasteiger partial charge in [-0.15, -0.1) is 0 Å². The van der Waals surface area contributed by atoms with E-state index in [-0.39, 0.29) is 0 Å². The first-order chi connectivity index (χ1) is 12.2. The Morgan fingerprint density at radius 3 is 2.44 bits per heavy atom. The smallest absolute Gasteiger partial charge is 0.213 e. The average molecular weight is 335 g/mol. The van der Waals surface area contributed by atoms with Crippen molar-refractivity contribution in [1.29, 1.82) is 0 Å². The van der Waals surface area contributed by atoms with Crippen LogP contribution in [-0.4, -0.2) is 21.9 Å². The molecule has 1 aromatic carbocycles. The maximum atomic E-state index is 5.26. The molecule has 0 spiro atoms. The Labute approximate surface area is 149 Å². The summed E-state index contributed by atoms with van der Waals surface area (Å²) in [6.45, 7) is 6.51. The maximum absolute atomic E-state index is 5.26. The van der Waals surface area contributed by atoms with Gasteiger partial charge in [-0.2, -0.15) is 5.10 Å². The van der Waals surface area contributed by atoms with E-state index in [1.54, 1.807) is 13.3 Å². The molecule has 2 aromatic heterocycles. The van der Waals surface area contributed by atoms with Gasteiger partial charge in [0.1, 0.15) is 0 Å². The predicted octanol–water partition coefficient (Wildman–Crippen LogP) is 5.15. The van der Waals surface area contributed by atoms with Gasteiger partial charge >= 0.3 is 0 Å². The van der Waals surface area contributed by atoms with Gasteiger partial charge < -0.3 is 4.74 Å². The summed E-state index contributed by atoms with van der Waals surface area (Å²) in [6, 6.07) is 12.7. The summed E-state index contributed by atoms with van der Waals surface area (Å²) in [6.07, 6.45) is 6.05. The average Bonchev–Trinajstić information content (AvgIpc) is 3.09. The first-order valence-electron chi connectivity index (χ1n) is 8.83. The van der Waals surface area contributed by atoms with Gasteiger partial charge in [-0.25, -0.2) is 9.67 Å². The number of hydrogen-bond donors (Lipinski definition) is 0. The Balaban J connectivity index is 2.13. The highest BCUT2D eigenvalue weighted by atomic mass is 16.5. The Morgan fingerprint density at radius 2 is 1.80 bits per heavy atom. The van der Waals surface area contributed by atoms with Gasteiger partial charge in [-0.05, 0) is 60.6 Å². The number of pyridine rings is 1. The highest BCUT2D eigenvalue weighted by molar-refractivity contribution is 5.68. The Bertz CT molecular complexity index is 850. The first-order valence-corrected chi connectivity index (χ1v) is 8.83. The van der Waals surface area contributed by atoms with Crippen LogP contribution in [0.2, 0.25) is 0 Å². The summed E-state index contributed by atoms with van der Waals surface area (Å²) in [5.41, 5.74) is 5.74. The molecule has 0 aliphatic carbocycles. The van der Waals surface area contributed by atoms with Crippen molar-refractivity contribution in [3.8, 4) is 22.7 Å². The number of hydrogen-bond acceptors (Lipinski definition) is 3. The fourth-order valence-electron chi connectivity index (χ4n) is 3.25. The van der Waals surface area contributed by atoms with Gasteiger partial charge in [0, 0.05) is 18.5 Å². The van der Waals surface area contributed by atoms with Gasteiger partial charge in [-0.1, -0.05) is 26.0 Å². The van der Waals surface area contributed by atoms with Crippen LogP contribution in [0, 0.1) is 6.92 Å². The number of rotatable bonds is 6. The van der Waals surface area contributed by atoms with Crippen LogP contribution in [0.1, 0.15) is 43.9 Å². The zero-order valence-electron chi connectivity index (χ0n) is 15.4. The Morgan fingerprint density at radius 1 is 1.04 bits per heavy atom. The lowest BCUT2D eigenvalue weighted by atomic mass is 9.90. The molecule has 0 saturated heterocycles. The van der Waals surface area contributed by atoms with E-state index >= 15 is 0 Å². The summed E-state index contributed by atoms with van der Waals surface area (Å²) < 4.78 is 7.25. The van der Waals surface area contributed by atoms with Gasteiger partial charge in [0.15, 0.2) is 0 Å². The number of methoxy groups -OCH3 is 1. The Kier molecular flexibility index (Phi) is 5.17. The van der Waals surface area contributed by atoms with E-state index in [1.165, 1.54) is 5.56 Å². The van der Waals surface area contributed by atoms with Crippen molar-refractivity contribution in [3.63, 3.8) is 0 Å². The lowest BCUT2D eigenvalue weighted by Gasteiger charge is -2.19. The fourth-order valence-corrected chi connectivity index (χ4v) is 3.25. The number of aryl methyl sites for hydroxylation is 1. The van der Waals surface area contributed by atoms with Crippen LogP contribution < -0.4 is 4.74 Å². The van der Waals surface area contributed by atoms with Crippen LogP contribution in [0.5, 0.6) is 5.88 Å². The lowest BCUT2D eigenvalue weighted by molar-refractivity contribution is 0.398. The third-order valence-electron chi connectivity index (χ3n) is 4.70. The van der Waals surface area contributed by atoms with Crippen LogP contribution in [0.4, 0.5) is 0 Å². The highest BCUT2D eigenvalue weighted by Gasteiger charge is 2.15. The minimum Gasteiger partial charge on any atom is -0.481 e. The van der Waals surface area contributed by atoms with Gasteiger partial charge in [0.2, 0.25) is 5.88 Å². The third-order valence-corrected chi connectivity index (χ3v) is 4.70. The molecule has 0 aliphatic rings. The van der Waals surface area contributed by atoms with Crippen LogP contribution in [0.25, 0.3) is 16.8 Å². The third kappa shape index (κ3) is 3.58. The minimum absolute atomic E-state index is 0.528. The predicted molar refractivity (Wildman–Crippen MR) is 101 cm³/mol. The van der Waals surface area contributed by atoms with Crippen molar-refractivity contribution in [3.05, 3.63) is 60.0 Å². The summed E-state index contributed by atoms with van der Waals surface area (Å²) in [5, 5.41) is 4.64. The van der Waals surface area contributed by atoms with Crippen molar-refractivity contribution in [2.75, 3.05) is 7.11 Å². The molecule has 0 amide bonds. The monoisotopic (exact) mass is 335 g/mol. The molecule has 3 rings (SSSR count). The fraction of sp³-hybridized carbons (Fsp3) is 0.333. The normalized spacial score (nSPS) is 11.1. The summed E-state index contributed by atoms with van der Waals surface area (Å²) in [7, 11) is 1.64. The van der Waals surface area contributed by atoms with Crippen molar-refractivity contribution in [2.45, 2.75) is 39.5 Å². The summed E-state index contributed by atoms with van der Waals surface area (Å²) >= 11 is 0. The molecule has 130 valence electrons. The highest BCUT2D eigenvalue weighted by Crippen LogP contribution is 2.32. The second-order valence-corrected chi connectivity index (χ2v) is 6.28. The maximum Gasteiger partial charge on any atom is 0.213 e. The molecule has 0 fully saturated rings. The van der Waals surface area contributed by atoms with Crippen molar-refractivity contribution in [1.82, 2.24) is 14.8 Å². The van der Waals surface area contributed by atoms with Crippen LogP contribution >= 0.6 is 0 Å². The van der Waals surface area contributed by atoms with Crippen LogP contribution in [-0.2, 0) is 0 Å². The van der Waals surface area contributed by atoms with E-state index in [9.17, 15) is 0 Å². The second-order valence-electron chi connectivity index (χ2n) is 6.28. The first kappa shape index (κ1) is 17.2.